The van der Waals surface area contributed by atoms with Gasteiger partial charge in [0, 0.05) is 18.4 Å². The van der Waals surface area contributed by atoms with Crippen LogP contribution in [0.2, 0.25) is 0 Å². The van der Waals surface area contributed by atoms with Crippen LogP contribution in [-0.4, -0.2) is 16.7 Å². The van der Waals surface area contributed by atoms with Crippen molar-refractivity contribution in [3.63, 3.8) is 0 Å². The molecule has 1 aromatic rings. The Morgan fingerprint density at radius 1 is 1.78 bits per heavy atom. The molecule has 0 bridgehead atoms. The van der Waals surface area contributed by atoms with E-state index in [1.54, 1.807) is 0 Å². The van der Waals surface area contributed by atoms with Gasteiger partial charge in [0.05, 0.1) is 5.69 Å². The molecule has 3 N–H and O–H groups in total. The molecule has 0 fully saturated rings. The first-order chi connectivity index (χ1) is 4.33. The second kappa shape index (κ2) is 2.80. The van der Waals surface area contributed by atoms with Crippen LogP contribution in [0.5, 0.6) is 0 Å². The summed E-state index contributed by atoms with van der Waals surface area (Å²) in [7, 11) is 0. The van der Waals surface area contributed by atoms with Gasteiger partial charge in [-0.3, -0.25) is 0 Å². The number of aliphatic hydroxyl groups excluding tert-OH is 1. The number of anilines is 1. The minimum atomic E-state index is 0.142. The lowest BCUT2D eigenvalue weighted by Crippen LogP contribution is -1.91. The third-order valence-corrected chi connectivity index (χ3v) is 1.66. The van der Waals surface area contributed by atoms with E-state index in [-0.39, 0.29) is 6.61 Å². The number of aromatic nitrogens is 1. The van der Waals surface area contributed by atoms with Gasteiger partial charge in [0.15, 0.2) is 5.13 Å². The van der Waals surface area contributed by atoms with Gasteiger partial charge in [0.2, 0.25) is 0 Å². The Bertz CT molecular complexity index is 187. The third kappa shape index (κ3) is 1.65. The van der Waals surface area contributed by atoms with Crippen molar-refractivity contribution in [2.75, 3.05) is 12.3 Å². The van der Waals surface area contributed by atoms with Crippen LogP contribution in [0, 0.1) is 0 Å². The third-order valence-electron chi connectivity index (χ3n) is 0.937. The number of nitrogens with zero attached hydrogens (tertiary/aromatic N) is 1. The lowest BCUT2D eigenvalue weighted by molar-refractivity contribution is 0.298. The Labute approximate surface area is 57.2 Å². The smallest absolute Gasteiger partial charge is 0.180 e. The maximum atomic E-state index is 8.45. The highest BCUT2D eigenvalue weighted by molar-refractivity contribution is 7.13. The largest absolute Gasteiger partial charge is 0.396 e. The fourth-order valence-electron chi connectivity index (χ4n) is 0.552. The fraction of sp³-hybridized carbons (Fsp3) is 0.400. The van der Waals surface area contributed by atoms with Crippen molar-refractivity contribution in [3.8, 4) is 0 Å². The highest BCUT2D eigenvalue weighted by Gasteiger charge is 1.95. The molecule has 0 aromatic carbocycles. The number of thiazole rings is 1. The lowest BCUT2D eigenvalue weighted by atomic mass is 10.4. The zero-order chi connectivity index (χ0) is 6.69. The molecule has 0 saturated carbocycles. The molecule has 50 valence electrons. The predicted octanol–water partition coefficient (Wildman–Crippen LogP) is 0.260. The van der Waals surface area contributed by atoms with Crippen LogP contribution in [0.1, 0.15) is 5.69 Å². The molecule has 0 amide bonds. The Kier molecular flexibility index (Phi) is 2.02. The molecule has 9 heavy (non-hydrogen) atoms. The molecule has 0 radical (unpaired) electrons. The van der Waals surface area contributed by atoms with Gasteiger partial charge < -0.3 is 10.8 Å². The summed E-state index contributed by atoms with van der Waals surface area (Å²) in [5.74, 6) is 0. The summed E-state index contributed by atoms with van der Waals surface area (Å²) >= 11 is 1.40. The van der Waals surface area contributed by atoms with Crippen molar-refractivity contribution in [3.05, 3.63) is 11.1 Å². The topological polar surface area (TPSA) is 59.1 Å². The van der Waals surface area contributed by atoms with Gasteiger partial charge in [-0.25, -0.2) is 4.98 Å². The standard InChI is InChI=1S/C5H8N2OS/c6-5-7-4(1-2-8)3-9-5/h3,8H,1-2H2,(H2,6,7). The quantitative estimate of drug-likeness (QED) is 0.626. The summed E-state index contributed by atoms with van der Waals surface area (Å²) in [6.07, 6.45) is 0.605. The van der Waals surface area contributed by atoms with Gasteiger partial charge in [-0.1, -0.05) is 0 Å². The minimum Gasteiger partial charge on any atom is -0.396 e. The molecule has 1 aromatic heterocycles. The van der Waals surface area contributed by atoms with Crippen molar-refractivity contribution in [2.45, 2.75) is 6.42 Å². The normalized spacial score (nSPS) is 9.89. The molecular formula is C5H8N2OS. The maximum absolute atomic E-state index is 8.45. The second-order valence-electron chi connectivity index (χ2n) is 1.65. The van der Waals surface area contributed by atoms with Gasteiger partial charge in [0.1, 0.15) is 0 Å². The molecule has 0 aliphatic heterocycles. The molecule has 0 saturated heterocycles. The zero-order valence-corrected chi connectivity index (χ0v) is 5.69. The molecule has 0 aliphatic carbocycles. The first-order valence-electron chi connectivity index (χ1n) is 2.63. The predicted molar refractivity (Wildman–Crippen MR) is 37.3 cm³/mol. The molecule has 0 unspecified atom stereocenters. The van der Waals surface area contributed by atoms with Crippen LogP contribution in [-0.2, 0) is 6.42 Å². The summed E-state index contributed by atoms with van der Waals surface area (Å²) in [6.45, 7) is 0.142. The zero-order valence-electron chi connectivity index (χ0n) is 4.87. The first kappa shape index (κ1) is 6.51. The Hall–Kier alpha value is -0.610. The summed E-state index contributed by atoms with van der Waals surface area (Å²) in [4.78, 5) is 3.94. The van der Waals surface area contributed by atoms with Gasteiger partial charge in [-0.2, -0.15) is 0 Å². The molecule has 1 heterocycles. The summed E-state index contributed by atoms with van der Waals surface area (Å²) in [5.41, 5.74) is 6.21. The van der Waals surface area contributed by atoms with E-state index in [1.165, 1.54) is 11.3 Å². The molecule has 3 nitrogen and oxygen atoms in total. The Balaban J connectivity index is 2.61. The van der Waals surface area contributed by atoms with E-state index in [2.05, 4.69) is 4.98 Å². The Morgan fingerprint density at radius 3 is 3.00 bits per heavy atom. The molecule has 0 spiro atoms. The number of nitrogens with two attached hydrogens (primary N) is 1. The second-order valence-corrected chi connectivity index (χ2v) is 2.54. The summed E-state index contributed by atoms with van der Waals surface area (Å²) < 4.78 is 0. The van der Waals surface area contributed by atoms with E-state index < -0.39 is 0 Å². The average molecular weight is 144 g/mol. The van der Waals surface area contributed by atoms with E-state index in [0.29, 0.717) is 11.6 Å². The van der Waals surface area contributed by atoms with Gasteiger partial charge in [0.25, 0.3) is 0 Å². The summed E-state index contributed by atoms with van der Waals surface area (Å²) in [5, 5.41) is 10.9. The molecule has 0 atom stereocenters. The number of aliphatic hydroxyl groups is 1. The molecule has 0 aliphatic rings. The van der Waals surface area contributed by atoms with Gasteiger partial charge >= 0.3 is 0 Å². The van der Waals surface area contributed by atoms with Gasteiger partial charge in [-0.15, -0.1) is 11.3 Å². The number of hydrogen-bond acceptors (Lipinski definition) is 4. The first-order valence-corrected chi connectivity index (χ1v) is 3.51. The van der Waals surface area contributed by atoms with Crippen LogP contribution >= 0.6 is 11.3 Å². The SMILES string of the molecule is Nc1nc(CCO)cs1. The van der Waals surface area contributed by atoms with E-state index in [4.69, 9.17) is 10.8 Å². The van der Waals surface area contributed by atoms with Gasteiger partial charge in [-0.05, 0) is 0 Å². The lowest BCUT2D eigenvalue weighted by Gasteiger charge is -1.85. The van der Waals surface area contributed by atoms with Crippen molar-refractivity contribution in [1.29, 1.82) is 0 Å². The fourth-order valence-corrected chi connectivity index (χ4v) is 1.15. The van der Waals surface area contributed by atoms with Crippen molar-refractivity contribution < 1.29 is 5.11 Å². The van der Waals surface area contributed by atoms with Crippen LogP contribution in [0.25, 0.3) is 0 Å². The average Bonchev–Trinajstić information content (AvgIpc) is 2.17. The number of hydrogen-bond donors (Lipinski definition) is 2. The Morgan fingerprint density at radius 2 is 2.56 bits per heavy atom. The van der Waals surface area contributed by atoms with Crippen LogP contribution in [0.15, 0.2) is 5.38 Å². The molecule has 1 rings (SSSR count). The van der Waals surface area contributed by atoms with Crippen molar-refractivity contribution in [2.24, 2.45) is 0 Å². The number of nitrogen functional groups attached to an aromatic ring is 1. The number of rotatable bonds is 2. The maximum Gasteiger partial charge on any atom is 0.180 e. The van der Waals surface area contributed by atoms with E-state index in [1.807, 2.05) is 5.38 Å². The van der Waals surface area contributed by atoms with E-state index in [9.17, 15) is 0 Å². The monoisotopic (exact) mass is 144 g/mol. The van der Waals surface area contributed by atoms with Crippen LogP contribution in [0.4, 0.5) is 5.13 Å². The van der Waals surface area contributed by atoms with E-state index >= 15 is 0 Å². The van der Waals surface area contributed by atoms with Crippen LogP contribution < -0.4 is 5.73 Å². The minimum absolute atomic E-state index is 0.142. The highest BCUT2D eigenvalue weighted by atomic mass is 32.1. The highest BCUT2D eigenvalue weighted by Crippen LogP contribution is 2.10. The molecular weight excluding hydrogens is 136 g/mol. The van der Waals surface area contributed by atoms with Crippen molar-refractivity contribution in [1.82, 2.24) is 4.98 Å². The summed E-state index contributed by atoms with van der Waals surface area (Å²) in [6, 6.07) is 0. The molecule has 4 heteroatoms. The van der Waals surface area contributed by atoms with Crippen LogP contribution in [0.3, 0.4) is 0 Å². The van der Waals surface area contributed by atoms with E-state index in [0.717, 1.165) is 5.69 Å². The van der Waals surface area contributed by atoms with Crippen molar-refractivity contribution >= 4 is 16.5 Å².